The molecule has 0 aliphatic carbocycles. The number of rotatable bonds is 5. The third-order valence-electron chi connectivity index (χ3n) is 2.41. The Balaban J connectivity index is 2.70. The number of nitrogens with one attached hydrogen (secondary N) is 1. The predicted octanol–water partition coefficient (Wildman–Crippen LogP) is 1.19. The molecule has 1 aromatic carbocycles. The lowest BCUT2D eigenvalue weighted by Crippen LogP contribution is -2.39. The van der Waals surface area contributed by atoms with E-state index in [4.69, 9.17) is 11.0 Å². The lowest BCUT2D eigenvalue weighted by molar-refractivity contribution is -0.135. The van der Waals surface area contributed by atoms with Gasteiger partial charge in [-0.05, 0) is 24.6 Å². The van der Waals surface area contributed by atoms with Gasteiger partial charge in [0, 0.05) is 5.69 Å². The van der Waals surface area contributed by atoms with Gasteiger partial charge in [-0.25, -0.2) is 0 Å². The summed E-state index contributed by atoms with van der Waals surface area (Å²) >= 11 is 0. The van der Waals surface area contributed by atoms with E-state index in [0.717, 1.165) is 6.42 Å². The average Bonchev–Trinajstić information content (AvgIpc) is 2.38. The fraction of sp³-hybridized carbons (Fsp3) is 0.308. The van der Waals surface area contributed by atoms with Crippen LogP contribution in [0.3, 0.4) is 0 Å². The molecular weight excluding hydrogens is 230 g/mol. The average molecular weight is 245 g/mol. The van der Waals surface area contributed by atoms with Crippen molar-refractivity contribution in [2.75, 3.05) is 5.32 Å². The molecule has 1 unspecified atom stereocenters. The first kappa shape index (κ1) is 13.9. The lowest BCUT2D eigenvalue weighted by atomic mass is 10.1. The van der Waals surface area contributed by atoms with Crippen LogP contribution in [-0.2, 0) is 9.59 Å². The Morgan fingerprint density at radius 1 is 1.50 bits per heavy atom. The number of nitriles is 1. The van der Waals surface area contributed by atoms with Crippen LogP contribution in [0, 0.1) is 11.3 Å². The Bertz CT molecular complexity index is 491. The Morgan fingerprint density at radius 3 is 2.83 bits per heavy atom. The van der Waals surface area contributed by atoms with Crippen LogP contribution in [0.25, 0.3) is 0 Å². The number of ketones is 1. The number of nitrogens with zero attached hydrogens (tertiary/aromatic N) is 1. The molecule has 1 amide bonds. The van der Waals surface area contributed by atoms with Gasteiger partial charge < -0.3 is 11.1 Å². The van der Waals surface area contributed by atoms with Crippen molar-refractivity contribution < 1.29 is 9.59 Å². The minimum Gasteiger partial charge on any atom is -0.321 e. The van der Waals surface area contributed by atoms with Crippen molar-refractivity contribution in [3.05, 3.63) is 29.8 Å². The van der Waals surface area contributed by atoms with E-state index < -0.39 is 17.7 Å². The van der Waals surface area contributed by atoms with Crippen molar-refractivity contribution >= 4 is 17.4 Å². The summed E-state index contributed by atoms with van der Waals surface area (Å²) < 4.78 is 0. The standard InChI is InChI=1S/C13H15N3O2/c1-2-4-11(15)12(17)13(18)16-10-6-3-5-9(7-10)8-14/h3,5-7,11H,2,4,15H2,1H3,(H,16,18). The summed E-state index contributed by atoms with van der Waals surface area (Å²) in [6, 6.07) is 7.53. The van der Waals surface area contributed by atoms with E-state index >= 15 is 0 Å². The van der Waals surface area contributed by atoms with Crippen molar-refractivity contribution in [3.63, 3.8) is 0 Å². The number of amides is 1. The Morgan fingerprint density at radius 2 is 2.22 bits per heavy atom. The summed E-state index contributed by atoms with van der Waals surface area (Å²) in [5, 5.41) is 11.2. The number of carbonyl (C=O) groups is 2. The van der Waals surface area contributed by atoms with E-state index in [0.29, 0.717) is 17.7 Å². The maximum atomic E-state index is 11.6. The normalized spacial score (nSPS) is 11.4. The summed E-state index contributed by atoms with van der Waals surface area (Å²) in [4.78, 5) is 23.2. The number of Topliss-reactive ketones (excluding diaryl/α,β-unsaturated/α-hetero) is 1. The smallest absolute Gasteiger partial charge is 0.293 e. The molecule has 0 fully saturated rings. The zero-order valence-corrected chi connectivity index (χ0v) is 10.1. The van der Waals surface area contributed by atoms with Crippen molar-refractivity contribution in [3.8, 4) is 6.07 Å². The molecule has 0 spiro atoms. The van der Waals surface area contributed by atoms with Crippen LogP contribution in [0.5, 0.6) is 0 Å². The van der Waals surface area contributed by atoms with Crippen LogP contribution in [0.2, 0.25) is 0 Å². The molecule has 0 heterocycles. The number of nitrogens with two attached hydrogens (primary N) is 1. The van der Waals surface area contributed by atoms with E-state index in [1.165, 1.54) is 6.07 Å². The molecule has 3 N–H and O–H groups in total. The van der Waals surface area contributed by atoms with Crippen molar-refractivity contribution in [2.24, 2.45) is 5.73 Å². The van der Waals surface area contributed by atoms with E-state index in [2.05, 4.69) is 5.32 Å². The van der Waals surface area contributed by atoms with Gasteiger partial charge in [0.1, 0.15) is 0 Å². The maximum Gasteiger partial charge on any atom is 0.293 e. The molecule has 94 valence electrons. The van der Waals surface area contributed by atoms with Crippen LogP contribution in [0.15, 0.2) is 24.3 Å². The van der Waals surface area contributed by atoms with Crippen molar-refractivity contribution in [1.82, 2.24) is 0 Å². The maximum absolute atomic E-state index is 11.6. The highest BCUT2D eigenvalue weighted by Gasteiger charge is 2.20. The number of hydrogen-bond donors (Lipinski definition) is 2. The van der Waals surface area contributed by atoms with Gasteiger partial charge in [0.2, 0.25) is 5.78 Å². The molecule has 0 saturated carbocycles. The van der Waals surface area contributed by atoms with E-state index in [1.807, 2.05) is 13.0 Å². The fourth-order valence-electron chi connectivity index (χ4n) is 1.47. The van der Waals surface area contributed by atoms with Gasteiger partial charge in [0.15, 0.2) is 0 Å². The minimum atomic E-state index is -0.769. The number of benzene rings is 1. The second kappa shape index (κ2) is 6.52. The molecule has 5 heteroatoms. The summed E-state index contributed by atoms with van der Waals surface area (Å²) in [5.74, 6) is -1.38. The van der Waals surface area contributed by atoms with Gasteiger partial charge in [-0.3, -0.25) is 9.59 Å². The lowest BCUT2D eigenvalue weighted by Gasteiger charge is -2.09. The molecule has 0 radical (unpaired) electrons. The number of anilines is 1. The van der Waals surface area contributed by atoms with Crippen molar-refractivity contribution in [2.45, 2.75) is 25.8 Å². The summed E-state index contributed by atoms with van der Waals surface area (Å²) in [7, 11) is 0. The molecule has 5 nitrogen and oxygen atoms in total. The highest BCUT2D eigenvalue weighted by atomic mass is 16.2. The van der Waals surface area contributed by atoms with Gasteiger partial charge in [0.05, 0.1) is 17.7 Å². The highest BCUT2D eigenvalue weighted by molar-refractivity contribution is 6.42. The van der Waals surface area contributed by atoms with Gasteiger partial charge >= 0.3 is 0 Å². The largest absolute Gasteiger partial charge is 0.321 e. The van der Waals surface area contributed by atoms with Crippen LogP contribution in [-0.4, -0.2) is 17.7 Å². The predicted molar refractivity (Wildman–Crippen MR) is 67.7 cm³/mol. The summed E-state index contributed by atoms with van der Waals surface area (Å²) in [6.07, 6.45) is 1.22. The highest BCUT2D eigenvalue weighted by Crippen LogP contribution is 2.10. The topological polar surface area (TPSA) is 96.0 Å². The molecule has 18 heavy (non-hydrogen) atoms. The zero-order chi connectivity index (χ0) is 13.5. The molecule has 0 bridgehead atoms. The van der Waals surface area contributed by atoms with Gasteiger partial charge in [-0.1, -0.05) is 19.4 Å². The Hall–Kier alpha value is -2.19. The van der Waals surface area contributed by atoms with E-state index in [9.17, 15) is 9.59 Å². The monoisotopic (exact) mass is 245 g/mol. The van der Waals surface area contributed by atoms with Crippen molar-refractivity contribution in [1.29, 1.82) is 5.26 Å². The molecule has 1 atom stereocenters. The Kier molecular flexibility index (Phi) is 5.03. The van der Waals surface area contributed by atoms with Crippen LogP contribution in [0.4, 0.5) is 5.69 Å². The number of carbonyl (C=O) groups excluding carboxylic acids is 2. The quantitative estimate of drug-likeness (QED) is 0.761. The van der Waals surface area contributed by atoms with Gasteiger partial charge in [-0.15, -0.1) is 0 Å². The van der Waals surface area contributed by atoms with Crippen LogP contribution in [0.1, 0.15) is 25.3 Å². The molecule has 1 rings (SSSR count). The van der Waals surface area contributed by atoms with Crippen LogP contribution < -0.4 is 11.1 Å². The fourth-order valence-corrected chi connectivity index (χ4v) is 1.47. The zero-order valence-electron chi connectivity index (χ0n) is 10.1. The first-order chi connectivity index (χ1) is 8.58. The summed E-state index contributed by atoms with van der Waals surface area (Å²) in [5.41, 5.74) is 6.40. The molecule has 0 aliphatic heterocycles. The van der Waals surface area contributed by atoms with Gasteiger partial charge in [-0.2, -0.15) is 5.26 Å². The van der Waals surface area contributed by atoms with E-state index in [1.54, 1.807) is 18.2 Å². The minimum absolute atomic E-state index is 0.413. The first-order valence-corrected chi connectivity index (χ1v) is 5.69. The molecular formula is C13H15N3O2. The molecule has 1 aromatic rings. The molecule has 0 aromatic heterocycles. The third kappa shape index (κ3) is 3.68. The third-order valence-corrected chi connectivity index (χ3v) is 2.41. The SMILES string of the molecule is CCCC(N)C(=O)C(=O)Nc1cccc(C#N)c1. The van der Waals surface area contributed by atoms with Crippen LogP contribution >= 0.6 is 0 Å². The summed E-state index contributed by atoms with van der Waals surface area (Å²) in [6.45, 7) is 1.89. The second-order valence-electron chi connectivity index (χ2n) is 3.91. The number of hydrogen-bond acceptors (Lipinski definition) is 4. The first-order valence-electron chi connectivity index (χ1n) is 5.69. The van der Waals surface area contributed by atoms with Gasteiger partial charge in [0.25, 0.3) is 5.91 Å². The van der Waals surface area contributed by atoms with E-state index in [-0.39, 0.29) is 0 Å². The Labute approximate surface area is 106 Å². The second-order valence-corrected chi connectivity index (χ2v) is 3.91. The molecule has 0 aliphatic rings. The molecule has 0 saturated heterocycles.